The fourth-order valence-electron chi connectivity index (χ4n) is 2.31. The Labute approximate surface area is 170 Å². The van der Waals surface area contributed by atoms with Crippen molar-refractivity contribution in [3.63, 3.8) is 0 Å². The van der Waals surface area contributed by atoms with E-state index in [2.05, 4.69) is 5.10 Å². The lowest BCUT2D eigenvalue weighted by atomic mass is 10.2. The van der Waals surface area contributed by atoms with Gasteiger partial charge in [-0.25, -0.2) is 9.07 Å². The Morgan fingerprint density at radius 2 is 1.68 bits per heavy atom. The molecule has 2 aromatic carbocycles. The van der Waals surface area contributed by atoms with Crippen LogP contribution in [-0.4, -0.2) is 9.78 Å². The molecule has 0 atom stereocenters. The van der Waals surface area contributed by atoms with Crippen LogP contribution in [0.3, 0.4) is 0 Å². The lowest BCUT2D eigenvalue weighted by Gasteiger charge is -2.13. The molecule has 0 unspecified atom stereocenters. The van der Waals surface area contributed by atoms with Crippen molar-refractivity contribution in [1.29, 1.82) is 5.26 Å². The molecule has 1 aromatic heterocycles. The molecule has 0 radical (unpaired) electrons. The smallest absolute Gasteiger partial charge is 0.383 e. The zero-order valence-corrected chi connectivity index (χ0v) is 15.9. The lowest BCUT2D eigenvalue weighted by Crippen LogP contribution is -2.08. The van der Waals surface area contributed by atoms with Crippen LogP contribution in [0.5, 0.6) is 0 Å². The molecular weight excluding hydrogens is 439 g/mol. The molecule has 1 heterocycles. The molecule has 0 aliphatic rings. The highest BCUT2D eigenvalue weighted by Gasteiger charge is 2.33. The number of nitrogens with zero attached hydrogens (tertiary/aromatic N) is 3. The van der Waals surface area contributed by atoms with Gasteiger partial charge in [-0.1, -0.05) is 35.0 Å². The zero-order chi connectivity index (χ0) is 20.6. The molecule has 2 N–H and O–H groups in total. The van der Waals surface area contributed by atoms with Crippen molar-refractivity contribution in [2.45, 2.75) is 16.0 Å². The molecule has 144 valence electrons. The van der Waals surface area contributed by atoms with E-state index in [4.69, 9.17) is 28.9 Å². The Hall–Kier alpha value is -2.41. The monoisotopic (exact) mass is 446 g/mol. The van der Waals surface area contributed by atoms with E-state index >= 15 is 0 Å². The Morgan fingerprint density at radius 3 is 2.18 bits per heavy atom. The summed E-state index contributed by atoms with van der Waals surface area (Å²) in [6, 6.07) is 8.69. The summed E-state index contributed by atoms with van der Waals surface area (Å²) in [4.78, 5) is 0.815. The Bertz CT molecular complexity index is 1070. The Balaban J connectivity index is 2.11. The zero-order valence-electron chi connectivity index (χ0n) is 13.6. The summed E-state index contributed by atoms with van der Waals surface area (Å²) in [6.07, 6.45) is -4.64. The van der Waals surface area contributed by atoms with Crippen molar-refractivity contribution < 1.29 is 17.6 Å². The summed E-state index contributed by atoms with van der Waals surface area (Å²) in [7, 11) is 0. The number of rotatable bonds is 3. The summed E-state index contributed by atoms with van der Waals surface area (Å²) < 4.78 is 52.8. The second kappa shape index (κ2) is 7.54. The van der Waals surface area contributed by atoms with Gasteiger partial charge in [-0.15, -0.1) is 0 Å². The van der Waals surface area contributed by atoms with Crippen LogP contribution in [0.4, 0.5) is 23.4 Å². The number of benzene rings is 2. The third-order valence-electron chi connectivity index (χ3n) is 3.57. The first-order valence-corrected chi connectivity index (χ1v) is 8.97. The van der Waals surface area contributed by atoms with Gasteiger partial charge in [-0.2, -0.15) is 23.5 Å². The average molecular weight is 447 g/mol. The fourth-order valence-corrected chi connectivity index (χ4v) is 3.84. The highest BCUT2D eigenvalue weighted by atomic mass is 35.5. The van der Waals surface area contributed by atoms with Crippen LogP contribution in [0, 0.1) is 17.1 Å². The van der Waals surface area contributed by atoms with Crippen molar-refractivity contribution in [1.82, 2.24) is 9.78 Å². The molecule has 4 nitrogen and oxygen atoms in total. The van der Waals surface area contributed by atoms with E-state index in [1.807, 2.05) is 6.07 Å². The number of hydrogen-bond donors (Lipinski definition) is 1. The summed E-state index contributed by atoms with van der Waals surface area (Å²) in [5, 5.41) is 12.7. The van der Waals surface area contributed by atoms with Crippen LogP contribution >= 0.6 is 35.0 Å². The molecule has 0 aliphatic heterocycles. The van der Waals surface area contributed by atoms with Gasteiger partial charge in [0.05, 0.1) is 20.5 Å². The molecule has 0 saturated heterocycles. The minimum atomic E-state index is -4.64. The van der Waals surface area contributed by atoms with Gasteiger partial charge in [-0.3, -0.25) is 0 Å². The van der Waals surface area contributed by atoms with Gasteiger partial charge in [0.1, 0.15) is 23.4 Å². The number of anilines is 1. The number of nitrogens with two attached hydrogens (primary N) is 1. The highest BCUT2D eigenvalue weighted by Crippen LogP contribution is 2.41. The number of nitrogen functional groups attached to an aromatic ring is 1. The standard InChI is InChI=1S/C17H8Cl2F4N4S/c18-11-5-8(17(21,22)23)6-12(19)14(11)27-16(25)15(13(7-24)26-27)28-10-3-1-9(20)2-4-10/h1-6H,25H2. The van der Waals surface area contributed by atoms with Crippen LogP contribution in [-0.2, 0) is 6.18 Å². The summed E-state index contributed by atoms with van der Waals surface area (Å²) in [5.74, 6) is -0.480. The Kier molecular flexibility index (Phi) is 5.48. The van der Waals surface area contributed by atoms with E-state index < -0.39 is 17.6 Å². The second-order valence-corrected chi connectivity index (χ2v) is 7.33. The SMILES string of the molecule is N#Cc1nn(-c2c(Cl)cc(C(F)(F)F)cc2Cl)c(N)c1Sc1ccc(F)cc1. The summed E-state index contributed by atoms with van der Waals surface area (Å²) in [6.45, 7) is 0. The highest BCUT2D eigenvalue weighted by molar-refractivity contribution is 7.99. The van der Waals surface area contributed by atoms with E-state index in [0.717, 1.165) is 16.4 Å². The van der Waals surface area contributed by atoms with Crippen LogP contribution in [0.15, 0.2) is 46.2 Å². The maximum atomic E-state index is 13.1. The van der Waals surface area contributed by atoms with Gasteiger partial charge < -0.3 is 5.73 Å². The predicted molar refractivity (Wildman–Crippen MR) is 98.2 cm³/mol. The largest absolute Gasteiger partial charge is 0.416 e. The minimum Gasteiger partial charge on any atom is -0.383 e. The second-order valence-electron chi connectivity index (χ2n) is 5.43. The third kappa shape index (κ3) is 3.90. The molecule has 0 fully saturated rings. The van der Waals surface area contributed by atoms with Crippen molar-refractivity contribution >= 4 is 40.8 Å². The van der Waals surface area contributed by atoms with Crippen LogP contribution in [0.1, 0.15) is 11.3 Å². The van der Waals surface area contributed by atoms with E-state index in [9.17, 15) is 22.8 Å². The fraction of sp³-hybridized carbons (Fsp3) is 0.0588. The van der Waals surface area contributed by atoms with Gasteiger partial charge >= 0.3 is 6.18 Å². The maximum Gasteiger partial charge on any atom is 0.416 e. The van der Waals surface area contributed by atoms with Crippen molar-refractivity contribution in [3.05, 3.63) is 63.5 Å². The molecule has 11 heteroatoms. The average Bonchev–Trinajstić information content (AvgIpc) is 2.91. The molecular formula is C17H8Cl2F4N4S. The van der Waals surface area contributed by atoms with Crippen LogP contribution < -0.4 is 5.73 Å². The van der Waals surface area contributed by atoms with Crippen molar-refractivity contribution in [2.24, 2.45) is 0 Å². The first-order chi connectivity index (χ1) is 13.1. The predicted octanol–water partition coefficient (Wildman–Crippen LogP) is 5.94. The van der Waals surface area contributed by atoms with Gasteiger partial charge in [0.15, 0.2) is 5.69 Å². The van der Waals surface area contributed by atoms with E-state index in [0.29, 0.717) is 17.0 Å². The molecule has 0 amide bonds. The molecule has 0 bridgehead atoms. The van der Waals surface area contributed by atoms with Crippen LogP contribution in [0.25, 0.3) is 5.69 Å². The molecule has 0 saturated carbocycles. The Morgan fingerprint density at radius 1 is 1.11 bits per heavy atom. The molecule has 0 spiro atoms. The maximum absolute atomic E-state index is 13.1. The lowest BCUT2D eigenvalue weighted by molar-refractivity contribution is -0.137. The minimum absolute atomic E-state index is 0.0468. The van der Waals surface area contributed by atoms with Crippen molar-refractivity contribution in [2.75, 3.05) is 5.73 Å². The summed E-state index contributed by atoms with van der Waals surface area (Å²) >= 11 is 13.0. The third-order valence-corrected chi connectivity index (χ3v) is 5.26. The normalized spacial score (nSPS) is 11.5. The quantitative estimate of drug-likeness (QED) is 0.505. The number of hydrogen-bond acceptors (Lipinski definition) is 4. The van der Waals surface area contributed by atoms with Crippen LogP contribution in [0.2, 0.25) is 10.0 Å². The van der Waals surface area contributed by atoms with E-state index in [1.165, 1.54) is 24.3 Å². The molecule has 3 rings (SSSR count). The first kappa shape index (κ1) is 20.3. The molecule has 0 aliphatic carbocycles. The van der Waals surface area contributed by atoms with Gasteiger partial charge in [0.2, 0.25) is 0 Å². The van der Waals surface area contributed by atoms with E-state index in [1.54, 1.807) is 0 Å². The van der Waals surface area contributed by atoms with E-state index in [-0.39, 0.29) is 32.1 Å². The molecule has 28 heavy (non-hydrogen) atoms. The topological polar surface area (TPSA) is 67.6 Å². The van der Waals surface area contributed by atoms with Gasteiger partial charge in [0, 0.05) is 4.90 Å². The number of aromatic nitrogens is 2. The molecule has 3 aromatic rings. The van der Waals surface area contributed by atoms with Gasteiger partial charge in [-0.05, 0) is 36.4 Å². The van der Waals surface area contributed by atoms with Crippen molar-refractivity contribution in [3.8, 4) is 11.8 Å². The number of alkyl halides is 3. The first-order valence-electron chi connectivity index (χ1n) is 7.40. The summed E-state index contributed by atoms with van der Waals surface area (Å²) in [5.41, 5.74) is 4.87. The van der Waals surface area contributed by atoms with Gasteiger partial charge in [0.25, 0.3) is 0 Å². The number of halogens is 6. The number of nitriles is 1.